The lowest BCUT2D eigenvalue weighted by Crippen LogP contribution is -2.48. The number of amides is 2. The van der Waals surface area contributed by atoms with Gasteiger partial charge in [0, 0.05) is 36.1 Å². The number of sulfonamides is 1. The zero-order chi connectivity index (χ0) is 27.0. The first kappa shape index (κ1) is 29.9. The predicted octanol–water partition coefficient (Wildman–Crippen LogP) is 5.04. The molecule has 0 saturated heterocycles. The fourth-order valence-corrected chi connectivity index (χ4v) is 5.19. The van der Waals surface area contributed by atoms with Gasteiger partial charge in [0.05, 0.1) is 11.9 Å². The molecule has 7 nitrogen and oxygen atoms in total. The molecular formula is C26H35Cl2N3O4S. The first-order chi connectivity index (χ1) is 16.8. The van der Waals surface area contributed by atoms with Crippen LogP contribution in [0.5, 0.6) is 0 Å². The van der Waals surface area contributed by atoms with Crippen molar-refractivity contribution in [2.45, 2.75) is 53.1 Å². The molecule has 1 N–H and O–H groups in total. The van der Waals surface area contributed by atoms with E-state index in [1.165, 1.54) is 9.21 Å². The predicted molar refractivity (Wildman–Crippen MR) is 147 cm³/mol. The van der Waals surface area contributed by atoms with Crippen LogP contribution in [-0.2, 0) is 26.2 Å². The topological polar surface area (TPSA) is 86.8 Å². The number of carbonyl (C=O) groups excluding carboxylic acids is 2. The summed E-state index contributed by atoms with van der Waals surface area (Å²) in [5.74, 6) is -0.273. The second-order valence-corrected chi connectivity index (χ2v) is 12.0. The van der Waals surface area contributed by atoms with Crippen LogP contribution in [0.25, 0.3) is 0 Å². The number of anilines is 1. The van der Waals surface area contributed by atoms with E-state index in [-0.39, 0.29) is 43.7 Å². The minimum absolute atomic E-state index is 0.0604. The molecule has 0 aromatic heterocycles. The van der Waals surface area contributed by atoms with Gasteiger partial charge in [0.25, 0.3) is 0 Å². The van der Waals surface area contributed by atoms with E-state index in [2.05, 4.69) is 5.32 Å². The summed E-state index contributed by atoms with van der Waals surface area (Å²) in [5.41, 5.74) is 2.07. The number of hydrogen-bond donors (Lipinski definition) is 1. The summed E-state index contributed by atoms with van der Waals surface area (Å²) in [6, 6.07) is 11.5. The van der Waals surface area contributed by atoms with Crippen molar-refractivity contribution in [1.82, 2.24) is 10.2 Å². The number of rotatable bonds is 12. The molecule has 198 valence electrons. The largest absolute Gasteiger partial charge is 0.354 e. The van der Waals surface area contributed by atoms with Gasteiger partial charge < -0.3 is 10.2 Å². The van der Waals surface area contributed by atoms with Crippen LogP contribution in [0, 0.1) is 12.8 Å². The molecule has 36 heavy (non-hydrogen) atoms. The van der Waals surface area contributed by atoms with Crippen LogP contribution in [-0.4, -0.2) is 50.5 Å². The average Bonchev–Trinajstić information content (AvgIpc) is 2.79. The van der Waals surface area contributed by atoms with Gasteiger partial charge in [-0.05, 0) is 55.5 Å². The number of halogens is 2. The minimum Gasteiger partial charge on any atom is -0.354 e. The Labute approximate surface area is 224 Å². The summed E-state index contributed by atoms with van der Waals surface area (Å²) in [7, 11) is -3.55. The second-order valence-electron chi connectivity index (χ2n) is 9.30. The number of para-hydroxylation sites is 1. The van der Waals surface area contributed by atoms with Crippen molar-refractivity contribution in [3.05, 3.63) is 63.6 Å². The van der Waals surface area contributed by atoms with Gasteiger partial charge in [-0.1, -0.05) is 61.3 Å². The van der Waals surface area contributed by atoms with Crippen LogP contribution < -0.4 is 9.62 Å². The maximum atomic E-state index is 13.4. The average molecular weight is 557 g/mol. The molecule has 0 bridgehead atoms. The van der Waals surface area contributed by atoms with Gasteiger partial charge in [0.1, 0.15) is 6.04 Å². The van der Waals surface area contributed by atoms with E-state index < -0.39 is 16.1 Å². The van der Waals surface area contributed by atoms with Crippen molar-refractivity contribution in [2.75, 3.05) is 23.7 Å². The molecule has 2 rings (SSSR count). The third-order valence-corrected chi connectivity index (χ3v) is 7.51. The number of carbonyl (C=O) groups is 2. The molecule has 0 aliphatic heterocycles. The van der Waals surface area contributed by atoms with E-state index in [4.69, 9.17) is 23.2 Å². The lowest BCUT2D eigenvalue weighted by molar-refractivity contribution is -0.140. The van der Waals surface area contributed by atoms with Gasteiger partial charge in [-0.15, -0.1) is 0 Å². The molecule has 0 aliphatic rings. The van der Waals surface area contributed by atoms with E-state index in [0.717, 1.165) is 11.8 Å². The SMILES string of the molecule is Cc1ccccc1N(CCCC(=O)N(Cc1ccc(Cl)cc1Cl)C(C)C(=O)NCC(C)C)S(C)(=O)=O. The van der Waals surface area contributed by atoms with E-state index in [1.54, 1.807) is 37.3 Å². The summed E-state index contributed by atoms with van der Waals surface area (Å²) in [4.78, 5) is 27.6. The molecule has 1 atom stereocenters. The molecule has 10 heteroatoms. The normalized spacial score (nSPS) is 12.3. The highest BCUT2D eigenvalue weighted by atomic mass is 35.5. The Bertz CT molecular complexity index is 1170. The summed E-state index contributed by atoms with van der Waals surface area (Å²) in [6.07, 6.45) is 1.49. The molecule has 1 unspecified atom stereocenters. The molecule has 0 aliphatic carbocycles. The van der Waals surface area contributed by atoms with Gasteiger partial charge >= 0.3 is 0 Å². The highest BCUT2D eigenvalue weighted by molar-refractivity contribution is 7.92. The van der Waals surface area contributed by atoms with Crippen molar-refractivity contribution in [3.63, 3.8) is 0 Å². The summed E-state index contributed by atoms with van der Waals surface area (Å²) in [5, 5.41) is 3.75. The van der Waals surface area contributed by atoms with Crippen molar-refractivity contribution in [2.24, 2.45) is 5.92 Å². The van der Waals surface area contributed by atoms with Crippen molar-refractivity contribution >= 4 is 50.7 Å². The smallest absolute Gasteiger partial charge is 0.242 e. The number of benzene rings is 2. The van der Waals surface area contributed by atoms with Crippen LogP contribution in [0.4, 0.5) is 5.69 Å². The summed E-state index contributed by atoms with van der Waals surface area (Å²) in [6.45, 7) is 8.25. The van der Waals surface area contributed by atoms with E-state index in [1.807, 2.05) is 32.9 Å². The highest BCUT2D eigenvalue weighted by Crippen LogP contribution is 2.25. The van der Waals surface area contributed by atoms with Crippen LogP contribution in [0.2, 0.25) is 10.0 Å². The zero-order valence-corrected chi connectivity index (χ0v) is 23.8. The Morgan fingerprint density at radius 2 is 1.72 bits per heavy atom. The van der Waals surface area contributed by atoms with Crippen LogP contribution in [0.3, 0.4) is 0 Å². The van der Waals surface area contributed by atoms with Crippen LogP contribution in [0.15, 0.2) is 42.5 Å². The minimum atomic E-state index is -3.55. The quantitative estimate of drug-likeness (QED) is 0.397. The molecule has 0 heterocycles. The molecule has 2 aromatic rings. The Balaban J connectivity index is 2.21. The lowest BCUT2D eigenvalue weighted by atomic mass is 10.1. The Hall–Kier alpha value is -2.29. The number of aryl methyl sites for hydroxylation is 1. The lowest BCUT2D eigenvalue weighted by Gasteiger charge is -2.30. The van der Waals surface area contributed by atoms with Crippen LogP contribution in [0.1, 0.15) is 44.7 Å². The van der Waals surface area contributed by atoms with Gasteiger partial charge in [0.15, 0.2) is 0 Å². The molecule has 0 fully saturated rings. The van der Waals surface area contributed by atoms with Gasteiger partial charge in [-0.2, -0.15) is 0 Å². The second kappa shape index (κ2) is 13.3. The molecule has 0 radical (unpaired) electrons. The van der Waals surface area contributed by atoms with Gasteiger partial charge in [-0.3, -0.25) is 13.9 Å². The van der Waals surface area contributed by atoms with Crippen LogP contribution >= 0.6 is 23.2 Å². The van der Waals surface area contributed by atoms with Crippen molar-refractivity contribution in [3.8, 4) is 0 Å². The fourth-order valence-electron chi connectivity index (χ4n) is 3.69. The monoisotopic (exact) mass is 555 g/mol. The number of nitrogens with zero attached hydrogens (tertiary/aromatic N) is 2. The Kier molecular flexibility index (Phi) is 11.1. The summed E-state index contributed by atoms with van der Waals surface area (Å²) < 4.78 is 26.3. The maximum absolute atomic E-state index is 13.4. The fraction of sp³-hybridized carbons (Fsp3) is 0.462. The van der Waals surface area contributed by atoms with Gasteiger partial charge in [-0.25, -0.2) is 8.42 Å². The third-order valence-electron chi connectivity index (χ3n) is 5.74. The zero-order valence-electron chi connectivity index (χ0n) is 21.4. The first-order valence-corrected chi connectivity index (χ1v) is 14.5. The third kappa shape index (κ3) is 8.68. The first-order valence-electron chi connectivity index (χ1n) is 11.9. The summed E-state index contributed by atoms with van der Waals surface area (Å²) >= 11 is 12.4. The molecular weight excluding hydrogens is 521 g/mol. The molecule has 2 aromatic carbocycles. The van der Waals surface area contributed by atoms with E-state index in [0.29, 0.717) is 27.8 Å². The molecule has 0 saturated carbocycles. The molecule has 0 spiro atoms. The standard InChI is InChI=1S/C26H35Cl2N3O4S/c1-18(2)16-29-26(33)20(4)30(17-21-12-13-22(27)15-23(21)28)25(32)11-8-14-31(36(5,34)35)24-10-7-6-9-19(24)3/h6-7,9-10,12-13,15,18,20H,8,11,14,16-17H2,1-5H3,(H,29,33). The Morgan fingerprint density at radius 3 is 2.31 bits per heavy atom. The highest BCUT2D eigenvalue weighted by Gasteiger charge is 2.27. The Morgan fingerprint density at radius 1 is 1.06 bits per heavy atom. The van der Waals surface area contributed by atoms with Gasteiger partial charge in [0.2, 0.25) is 21.8 Å². The van der Waals surface area contributed by atoms with Crippen molar-refractivity contribution in [1.29, 1.82) is 0 Å². The van der Waals surface area contributed by atoms with Crippen molar-refractivity contribution < 1.29 is 18.0 Å². The molecule has 2 amide bonds. The number of nitrogens with one attached hydrogen (secondary N) is 1. The van der Waals surface area contributed by atoms with E-state index >= 15 is 0 Å². The number of hydrogen-bond acceptors (Lipinski definition) is 4. The van der Waals surface area contributed by atoms with E-state index in [9.17, 15) is 18.0 Å². The maximum Gasteiger partial charge on any atom is 0.242 e.